The Morgan fingerprint density at radius 2 is 1.70 bits per heavy atom. The minimum atomic E-state index is 0.410. The molecule has 2 aliphatic rings. The number of aromatic nitrogens is 3. The van der Waals surface area contributed by atoms with Crippen molar-refractivity contribution in [3.05, 3.63) is 66.2 Å². The van der Waals surface area contributed by atoms with Gasteiger partial charge in [0, 0.05) is 61.4 Å². The number of hydrogen-bond donors (Lipinski definition) is 1. The van der Waals surface area contributed by atoms with E-state index in [1.54, 1.807) is 7.11 Å². The molecule has 1 unspecified atom stereocenters. The molecule has 0 saturated carbocycles. The van der Waals surface area contributed by atoms with Crippen molar-refractivity contribution in [1.82, 2.24) is 24.8 Å². The third kappa shape index (κ3) is 5.63. The number of nitrogens with one attached hydrogen (secondary N) is 1. The molecule has 2 aromatic carbocycles. The lowest BCUT2D eigenvalue weighted by molar-refractivity contribution is 0.211. The van der Waals surface area contributed by atoms with Crippen molar-refractivity contribution in [3.63, 3.8) is 0 Å². The summed E-state index contributed by atoms with van der Waals surface area (Å²) in [5.74, 6) is 1.93. The largest absolute Gasteiger partial charge is 0.493 e. The topological polar surface area (TPSA) is 63.9 Å². The summed E-state index contributed by atoms with van der Waals surface area (Å²) >= 11 is 0. The summed E-state index contributed by atoms with van der Waals surface area (Å²) in [6.45, 7) is 14.1. The van der Waals surface area contributed by atoms with Gasteiger partial charge in [-0.15, -0.1) is 5.10 Å². The first-order valence-electron chi connectivity index (χ1n) is 13.5. The predicted octanol–water partition coefficient (Wildman–Crippen LogP) is 5.51. The zero-order valence-corrected chi connectivity index (χ0v) is 22.7. The fraction of sp³-hybridized carbons (Fsp3) is 0.400. The average molecular weight is 502 g/mol. The lowest BCUT2D eigenvalue weighted by Gasteiger charge is -2.29. The van der Waals surface area contributed by atoms with Crippen LogP contribution in [0.3, 0.4) is 0 Å². The zero-order chi connectivity index (χ0) is 26.2. The molecule has 37 heavy (non-hydrogen) atoms. The summed E-state index contributed by atoms with van der Waals surface area (Å²) in [6.07, 6.45) is 0. The quantitative estimate of drug-likeness (QED) is 0.389. The lowest BCUT2D eigenvalue weighted by Crippen LogP contribution is -2.45. The molecule has 196 valence electrons. The molecule has 4 aromatic rings. The summed E-state index contributed by atoms with van der Waals surface area (Å²) in [5, 5.41) is 8.08. The highest BCUT2D eigenvalue weighted by molar-refractivity contribution is 5.82. The Balaban J connectivity index is 0.000000765. The maximum atomic E-state index is 6.16. The Labute approximate surface area is 220 Å². The van der Waals surface area contributed by atoms with Crippen LogP contribution in [0.4, 0.5) is 0 Å². The number of hydrogen-bond acceptors (Lipinski definition) is 6. The van der Waals surface area contributed by atoms with Crippen LogP contribution in [0.2, 0.25) is 0 Å². The Bertz CT molecular complexity index is 1280. The molecule has 0 aliphatic carbocycles. The molecule has 7 nitrogen and oxygen atoms in total. The first-order valence-corrected chi connectivity index (χ1v) is 13.5. The van der Waals surface area contributed by atoms with E-state index in [-0.39, 0.29) is 0 Å². The van der Waals surface area contributed by atoms with Gasteiger partial charge in [-0.1, -0.05) is 70.2 Å². The standard InChI is InChI=1S/C26H27N5O2.2C2H6/c1-32-24-10-9-23-28-25(26(31(23)29-24)18-5-3-2-4-6-18)19-7-8-21-20(17-33-22(21)15-19)16-30-13-11-27-12-14-30;2*1-2/h2-10,15,20,27H,11-14,16-17H2,1H3;2*1-2H3. The predicted molar refractivity (Wildman–Crippen MR) is 151 cm³/mol. The summed E-state index contributed by atoms with van der Waals surface area (Å²) in [7, 11) is 1.63. The van der Waals surface area contributed by atoms with Crippen LogP contribution in [0.1, 0.15) is 39.2 Å². The fourth-order valence-corrected chi connectivity index (χ4v) is 4.86. The summed E-state index contributed by atoms with van der Waals surface area (Å²) < 4.78 is 13.4. The minimum Gasteiger partial charge on any atom is -0.493 e. The van der Waals surface area contributed by atoms with Gasteiger partial charge in [-0.05, 0) is 12.1 Å². The second kappa shape index (κ2) is 12.7. The molecule has 1 N–H and O–H groups in total. The molecule has 0 spiro atoms. The highest BCUT2D eigenvalue weighted by atomic mass is 16.5. The number of fused-ring (bicyclic) bond motifs is 2. The van der Waals surface area contributed by atoms with Crippen molar-refractivity contribution < 1.29 is 9.47 Å². The second-order valence-electron chi connectivity index (χ2n) is 8.63. The van der Waals surface area contributed by atoms with Gasteiger partial charge in [0.2, 0.25) is 5.88 Å². The highest BCUT2D eigenvalue weighted by Crippen LogP contribution is 2.40. The Kier molecular flexibility index (Phi) is 9.14. The van der Waals surface area contributed by atoms with Gasteiger partial charge in [0.05, 0.1) is 19.4 Å². The molecule has 7 heteroatoms. The third-order valence-corrected chi connectivity index (χ3v) is 6.56. The molecule has 0 radical (unpaired) electrons. The van der Waals surface area contributed by atoms with Gasteiger partial charge in [-0.3, -0.25) is 0 Å². The van der Waals surface area contributed by atoms with Crippen LogP contribution in [0.25, 0.3) is 28.2 Å². The maximum Gasteiger partial charge on any atom is 0.231 e. The van der Waals surface area contributed by atoms with Crippen LogP contribution in [0.5, 0.6) is 11.6 Å². The number of nitrogens with zero attached hydrogens (tertiary/aromatic N) is 4. The van der Waals surface area contributed by atoms with E-state index in [1.165, 1.54) is 5.56 Å². The molecule has 4 heterocycles. The monoisotopic (exact) mass is 501 g/mol. The van der Waals surface area contributed by atoms with E-state index in [9.17, 15) is 0 Å². The van der Waals surface area contributed by atoms with Crippen molar-refractivity contribution in [2.24, 2.45) is 0 Å². The smallest absolute Gasteiger partial charge is 0.231 e. The lowest BCUT2D eigenvalue weighted by atomic mass is 9.97. The number of ether oxygens (including phenoxy) is 2. The molecule has 2 aromatic heterocycles. The number of piperazine rings is 1. The molecule has 1 saturated heterocycles. The third-order valence-electron chi connectivity index (χ3n) is 6.56. The first-order chi connectivity index (χ1) is 18.3. The highest BCUT2D eigenvalue weighted by Gasteiger charge is 2.28. The van der Waals surface area contributed by atoms with Crippen molar-refractivity contribution in [2.45, 2.75) is 33.6 Å². The second-order valence-corrected chi connectivity index (χ2v) is 8.63. The Hall–Kier alpha value is -3.42. The van der Waals surface area contributed by atoms with Crippen LogP contribution >= 0.6 is 0 Å². The maximum absolute atomic E-state index is 6.16. The molecule has 0 amide bonds. The Morgan fingerprint density at radius 1 is 0.946 bits per heavy atom. The normalized spacial score (nSPS) is 16.6. The zero-order valence-electron chi connectivity index (χ0n) is 22.7. The molecule has 6 rings (SSSR count). The molecule has 0 bridgehead atoms. The summed E-state index contributed by atoms with van der Waals surface area (Å²) in [5.41, 5.74) is 5.99. The van der Waals surface area contributed by atoms with Crippen LogP contribution in [-0.2, 0) is 0 Å². The summed E-state index contributed by atoms with van der Waals surface area (Å²) in [6, 6.07) is 20.6. The number of methoxy groups -OCH3 is 1. The van der Waals surface area contributed by atoms with E-state index in [1.807, 2.05) is 62.5 Å². The SMILES string of the molecule is CC.CC.COc1ccc2nc(-c3ccc4c(c3)OCC4CN3CCNCC3)c(-c3ccccc3)n2n1. The van der Waals surface area contributed by atoms with Crippen molar-refractivity contribution in [1.29, 1.82) is 0 Å². The van der Waals surface area contributed by atoms with E-state index in [2.05, 4.69) is 45.6 Å². The Morgan fingerprint density at radius 3 is 2.43 bits per heavy atom. The molecule has 2 aliphatic heterocycles. The van der Waals surface area contributed by atoms with E-state index < -0.39 is 0 Å². The number of imidazole rings is 1. The van der Waals surface area contributed by atoms with Crippen LogP contribution < -0.4 is 14.8 Å². The van der Waals surface area contributed by atoms with Gasteiger partial charge in [0.25, 0.3) is 0 Å². The molecule has 1 fully saturated rings. The number of benzene rings is 2. The van der Waals surface area contributed by atoms with Gasteiger partial charge in [0.1, 0.15) is 11.4 Å². The van der Waals surface area contributed by atoms with Crippen LogP contribution in [0.15, 0.2) is 60.7 Å². The minimum absolute atomic E-state index is 0.410. The first kappa shape index (κ1) is 26.6. The molecular formula is C30H39N5O2. The number of rotatable bonds is 5. The van der Waals surface area contributed by atoms with Gasteiger partial charge in [0.15, 0.2) is 5.65 Å². The molecule has 1 atom stereocenters. The van der Waals surface area contributed by atoms with Gasteiger partial charge < -0.3 is 19.7 Å². The molecular weight excluding hydrogens is 462 g/mol. The van der Waals surface area contributed by atoms with Gasteiger partial charge in [-0.25, -0.2) is 9.50 Å². The average Bonchev–Trinajstić information content (AvgIpc) is 3.56. The summed E-state index contributed by atoms with van der Waals surface area (Å²) in [4.78, 5) is 7.48. The van der Waals surface area contributed by atoms with E-state index in [0.717, 1.165) is 73.2 Å². The van der Waals surface area contributed by atoms with Crippen molar-refractivity contribution in [3.8, 4) is 34.1 Å². The van der Waals surface area contributed by atoms with Crippen molar-refractivity contribution >= 4 is 5.65 Å². The van der Waals surface area contributed by atoms with E-state index >= 15 is 0 Å². The van der Waals surface area contributed by atoms with Crippen LogP contribution in [-0.4, -0.2) is 65.9 Å². The van der Waals surface area contributed by atoms with E-state index in [0.29, 0.717) is 11.8 Å². The van der Waals surface area contributed by atoms with Crippen molar-refractivity contribution in [2.75, 3.05) is 46.4 Å². The van der Waals surface area contributed by atoms with Gasteiger partial charge >= 0.3 is 0 Å². The fourth-order valence-electron chi connectivity index (χ4n) is 4.86. The van der Waals surface area contributed by atoms with Gasteiger partial charge in [-0.2, -0.15) is 0 Å². The van der Waals surface area contributed by atoms with E-state index in [4.69, 9.17) is 14.5 Å². The van der Waals surface area contributed by atoms with Crippen LogP contribution in [0, 0.1) is 0 Å².